The molecule has 0 amide bonds. The first-order valence-electron chi connectivity index (χ1n) is 5.76. The van der Waals surface area contributed by atoms with Gasteiger partial charge in [0.05, 0.1) is 7.11 Å². The smallest absolute Gasteiger partial charge is 0.276 e. The van der Waals surface area contributed by atoms with Gasteiger partial charge in [0.25, 0.3) is 5.92 Å². The molecule has 0 fully saturated rings. The molecule has 1 rings (SSSR count). The number of alkyl halides is 2. The summed E-state index contributed by atoms with van der Waals surface area (Å²) in [5.74, 6) is -2.85. The summed E-state index contributed by atoms with van der Waals surface area (Å²) in [5, 5.41) is 0. The van der Waals surface area contributed by atoms with Crippen molar-refractivity contribution in [2.45, 2.75) is 40.5 Å². The Labute approximate surface area is 102 Å². The van der Waals surface area contributed by atoms with E-state index in [4.69, 9.17) is 4.74 Å². The van der Waals surface area contributed by atoms with Gasteiger partial charge >= 0.3 is 0 Å². The largest absolute Gasteiger partial charge is 0.496 e. The van der Waals surface area contributed by atoms with Crippen LogP contribution in [0.25, 0.3) is 0 Å². The third-order valence-electron chi connectivity index (χ3n) is 3.33. The quantitative estimate of drug-likeness (QED) is 0.764. The number of rotatable bonds is 3. The van der Waals surface area contributed by atoms with Crippen LogP contribution in [-0.2, 0) is 5.92 Å². The van der Waals surface area contributed by atoms with E-state index in [1.807, 2.05) is 6.92 Å². The van der Waals surface area contributed by atoms with Crippen molar-refractivity contribution in [3.05, 3.63) is 28.3 Å². The van der Waals surface area contributed by atoms with Crippen LogP contribution in [0, 0.1) is 26.7 Å². The Morgan fingerprint density at radius 3 is 2.06 bits per heavy atom. The molecule has 0 spiro atoms. The summed E-state index contributed by atoms with van der Waals surface area (Å²) >= 11 is 0. The summed E-state index contributed by atoms with van der Waals surface area (Å²) in [6.45, 7) is 8.33. The van der Waals surface area contributed by atoms with Crippen molar-refractivity contribution in [3.8, 4) is 5.75 Å². The van der Waals surface area contributed by atoms with Gasteiger partial charge in [-0.25, -0.2) is 8.78 Å². The van der Waals surface area contributed by atoms with Gasteiger partial charge in [-0.2, -0.15) is 0 Å². The van der Waals surface area contributed by atoms with Crippen LogP contribution in [0.15, 0.2) is 6.07 Å². The van der Waals surface area contributed by atoms with Crippen LogP contribution in [0.2, 0.25) is 0 Å². The van der Waals surface area contributed by atoms with E-state index >= 15 is 0 Å². The summed E-state index contributed by atoms with van der Waals surface area (Å²) in [7, 11) is 1.56. The molecular formula is C14H20F2O. The highest BCUT2D eigenvalue weighted by molar-refractivity contribution is 5.49. The molecule has 0 saturated carbocycles. The zero-order valence-electron chi connectivity index (χ0n) is 11.3. The van der Waals surface area contributed by atoms with Crippen LogP contribution in [0.5, 0.6) is 5.75 Å². The Morgan fingerprint density at radius 1 is 1.12 bits per heavy atom. The molecule has 0 radical (unpaired) electrons. The summed E-state index contributed by atoms with van der Waals surface area (Å²) in [6, 6.07) is 1.69. The van der Waals surface area contributed by atoms with Crippen molar-refractivity contribution in [1.29, 1.82) is 0 Å². The zero-order valence-corrected chi connectivity index (χ0v) is 11.3. The molecule has 0 atom stereocenters. The van der Waals surface area contributed by atoms with Crippen molar-refractivity contribution in [1.82, 2.24) is 0 Å². The average Bonchev–Trinajstić information content (AvgIpc) is 2.22. The summed E-state index contributed by atoms with van der Waals surface area (Å²) in [6.07, 6.45) is 0. The van der Waals surface area contributed by atoms with Crippen LogP contribution < -0.4 is 4.74 Å². The molecule has 96 valence electrons. The first-order valence-corrected chi connectivity index (χ1v) is 5.76. The van der Waals surface area contributed by atoms with Crippen LogP contribution in [0.3, 0.4) is 0 Å². The van der Waals surface area contributed by atoms with E-state index in [2.05, 4.69) is 0 Å². The average molecular weight is 242 g/mol. The van der Waals surface area contributed by atoms with Crippen molar-refractivity contribution < 1.29 is 13.5 Å². The van der Waals surface area contributed by atoms with Crippen LogP contribution in [0.4, 0.5) is 8.78 Å². The lowest BCUT2D eigenvalue weighted by molar-refractivity contribution is -0.0525. The molecule has 0 aliphatic heterocycles. The Bertz CT molecular complexity index is 423. The maximum atomic E-state index is 14.2. The molecule has 0 aliphatic rings. The maximum absolute atomic E-state index is 14.2. The molecule has 0 unspecified atom stereocenters. The van der Waals surface area contributed by atoms with E-state index in [0.717, 1.165) is 5.56 Å². The van der Waals surface area contributed by atoms with Gasteiger partial charge in [-0.05, 0) is 43.5 Å². The number of halogens is 2. The lowest BCUT2D eigenvalue weighted by Gasteiger charge is -2.26. The minimum atomic E-state index is -2.80. The van der Waals surface area contributed by atoms with Crippen LogP contribution in [-0.4, -0.2) is 7.11 Å². The van der Waals surface area contributed by atoms with E-state index in [1.54, 1.807) is 40.9 Å². The topological polar surface area (TPSA) is 9.23 Å². The van der Waals surface area contributed by atoms with E-state index < -0.39 is 11.8 Å². The first-order chi connectivity index (χ1) is 7.73. The van der Waals surface area contributed by atoms with Crippen molar-refractivity contribution in [2.24, 2.45) is 5.92 Å². The molecular weight excluding hydrogens is 222 g/mol. The van der Waals surface area contributed by atoms with Crippen molar-refractivity contribution >= 4 is 0 Å². The highest BCUT2D eigenvalue weighted by Gasteiger charge is 2.39. The van der Waals surface area contributed by atoms with Crippen LogP contribution in [0.1, 0.15) is 36.1 Å². The predicted octanol–water partition coefficient (Wildman–Crippen LogP) is 4.37. The summed E-state index contributed by atoms with van der Waals surface area (Å²) in [4.78, 5) is 0. The second-order valence-electron chi connectivity index (χ2n) is 4.80. The van der Waals surface area contributed by atoms with Gasteiger partial charge in [-0.3, -0.25) is 0 Å². The SMILES string of the molecule is COc1cc(C)c(C(F)(F)C(C)C)c(C)c1C. The van der Waals surface area contributed by atoms with Gasteiger partial charge in [-0.1, -0.05) is 13.8 Å². The number of benzene rings is 1. The molecule has 17 heavy (non-hydrogen) atoms. The fourth-order valence-electron chi connectivity index (χ4n) is 2.06. The van der Waals surface area contributed by atoms with E-state index in [-0.39, 0.29) is 5.56 Å². The van der Waals surface area contributed by atoms with Gasteiger partial charge in [0.1, 0.15) is 5.75 Å². The Kier molecular flexibility index (Phi) is 3.80. The highest BCUT2D eigenvalue weighted by atomic mass is 19.3. The van der Waals surface area contributed by atoms with Crippen molar-refractivity contribution in [3.63, 3.8) is 0 Å². The third kappa shape index (κ3) is 2.28. The maximum Gasteiger partial charge on any atom is 0.276 e. The first kappa shape index (κ1) is 13.9. The highest BCUT2D eigenvalue weighted by Crippen LogP contribution is 2.42. The lowest BCUT2D eigenvalue weighted by atomic mass is 9.88. The molecule has 0 saturated heterocycles. The number of aryl methyl sites for hydroxylation is 1. The number of methoxy groups -OCH3 is 1. The fraction of sp³-hybridized carbons (Fsp3) is 0.571. The number of ether oxygens (including phenoxy) is 1. The third-order valence-corrected chi connectivity index (χ3v) is 3.33. The summed E-state index contributed by atoms with van der Waals surface area (Å²) < 4.78 is 33.5. The standard InChI is InChI=1S/C14H20F2O/c1-8(2)14(15,16)13-9(3)7-12(17-6)10(4)11(13)5/h7-8H,1-6H3. The monoisotopic (exact) mass is 242 g/mol. The number of hydrogen-bond donors (Lipinski definition) is 0. The Morgan fingerprint density at radius 2 is 1.65 bits per heavy atom. The van der Waals surface area contributed by atoms with Gasteiger partial charge < -0.3 is 4.74 Å². The Hall–Kier alpha value is -1.12. The molecule has 3 heteroatoms. The zero-order chi connectivity index (χ0) is 13.4. The molecule has 0 N–H and O–H groups in total. The van der Waals surface area contributed by atoms with Gasteiger partial charge in [0, 0.05) is 11.5 Å². The molecule has 0 bridgehead atoms. The molecule has 0 aromatic heterocycles. The second kappa shape index (κ2) is 4.63. The van der Waals surface area contributed by atoms with E-state index in [9.17, 15) is 8.78 Å². The Balaban J connectivity index is 3.51. The van der Waals surface area contributed by atoms with Crippen molar-refractivity contribution in [2.75, 3.05) is 7.11 Å². The van der Waals surface area contributed by atoms with Gasteiger partial charge in [0.2, 0.25) is 0 Å². The minimum absolute atomic E-state index is 0.144. The summed E-state index contributed by atoms with van der Waals surface area (Å²) in [5.41, 5.74) is 2.14. The molecule has 1 aromatic rings. The minimum Gasteiger partial charge on any atom is -0.496 e. The normalized spacial score (nSPS) is 12.1. The second-order valence-corrected chi connectivity index (χ2v) is 4.80. The lowest BCUT2D eigenvalue weighted by Crippen LogP contribution is -2.24. The molecule has 0 aliphatic carbocycles. The fourth-order valence-corrected chi connectivity index (χ4v) is 2.06. The van der Waals surface area contributed by atoms with E-state index in [0.29, 0.717) is 16.9 Å². The van der Waals surface area contributed by atoms with Gasteiger partial charge in [0.15, 0.2) is 0 Å². The number of hydrogen-bond acceptors (Lipinski definition) is 1. The van der Waals surface area contributed by atoms with E-state index in [1.165, 1.54) is 0 Å². The molecule has 1 nitrogen and oxygen atoms in total. The molecule has 0 heterocycles. The van der Waals surface area contributed by atoms with Crippen LogP contribution >= 0.6 is 0 Å². The molecule has 1 aromatic carbocycles. The predicted molar refractivity (Wildman–Crippen MR) is 65.9 cm³/mol. The van der Waals surface area contributed by atoms with Gasteiger partial charge in [-0.15, -0.1) is 0 Å².